The molecular formula is C15H18N2O5. The summed E-state index contributed by atoms with van der Waals surface area (Å²) in [5, 5.41) is 13.8. The van der Waals surface area contributed by atoms with Crippen molar-refractivity contribution >= 4 is 17.6 Å². The third-order valence-electron chi connectivity index (χ3n) is 3.75. The summed E-state index contributed by atoms with van der Waals surface area (Å²) in [5.41, 5.74) is -0.220. The molecule has 7 heteroatoms. The fourth-order valence-electron chi connectivity index (χ4n) is 2.60. The van der Waals surface area contributed by atoms with Gasteiger partial charge in [-0.1, -0.05) is 19.3 Å². The van der Waals surface area contributed by atoms with Crippen molar-refractivity contribution in [3.63, 3.8) is 0 Å². The number of nitro groups is 1. The first-order valence-corrected chi connectivity index (χ1v) is 7.20. The Kier molecular flexibility index (Phi) is 5.08. The minimum Gasteiger partial charge on any atom is -0.465 e. The van der Waals surface area contributed by atoms with E-state index in [-0.39, 0.29) is 22.9 Å². The van der Waals surface area contributed by atoms with Crippen LogP contribution >= 0.6 is 0 Å². The third-order valence-corrected chi connectivity index (χ3v) is 3.75. The van der Waals surface area contributed by atoms with Crippen molar-refractivity contribution in [1.82, 2.24) is 5.32 Å². The van der Waals surface area contributed by atoms with Crippen molar-refractivity contribution in [1.29, 1.82) is 0 Å². The molecule has 1 aromatic carbocycles. The SMILES string of the molecule is COC(=O)c1cc(C(=O)NC2CCCCC2)cc([N+](=O)[O-])c1. The van der Waals surface area contributed by atoms with Gasteiger partial charge in [-0.3, -0.25) is 14.9 Å². The molecule has 0 aliphatic heterocycles. The minimum absolute atomic E-state index is 0.00880. The quantitative estimate of drug-likeness (QED) is 0.523. The minimum atomic E-state index is -0.713. The number of amides is 1. The Bertz CT molecular complexity index is 594. The molecule has 0 unspecified atom stereocenters. The van der Waals surface area contributed by atoms with Crippen molar-refractivity contribution in [2.45, 2.75) is 38.1 Å². The van der Waals surface area contributed by atoms with Crippen LogP contribution in [0.2, 0.25) is 0 Å². The molecule has 1 saturated carbocycles. The second kappa shape index (κ2) is 7.02. The number of carbonyl (C=O) groups excluding carboxylic acids is 2. The van der Waals surface area contributed by atoms with Gasteiger partial charge >= 0.3 is 5.97 Å². The molecule has 0 saturated heterocycles. The first-order chi connectivity index (χ1) is 10.5. The lowest BCUT2D eigenvalue weighted by Crippen LogP contribution is -2.36. The standard InChI is InChI=1S/C15H18N2O5/c1-22-15(19)11-7-10(8-13(9-11)17(20)21)14(18)16-12-5-3-2-4-6-12/h7-9,12H,2-6H2,1H3,(H,16,18). The highest BCUT2D eigenvalue weighted by Crippen LogP contribution is 2.20. The number of rotatable bonds is 4. The summed E-state index contributed by atoms with van der Waals surface area (Å²) in [6, 6.07) is 3.67. The predicted molar refractivity (Wildman–Crippen MR) is 78.8 cm³/mol. The zero-order chi connectivity index (χ0) is 16.1. The van der Waals surface area contributed by atoms with Crippen LogP contribution in [0.4, 0.5) is 5.69 Å². The van der Waals surface area contributed by atoms with E-state index in [0.29, 0.717) is 0 Å². The van der Waals surface area contributed by atoms with E-state index in [1.54, 1.807) is 0 Å². The molecule has 0 spiro atoms. The van der Waals surface area contributed by atoms with E-state index >= 15 is 0 Å². The maximum atomic E-state index is 12.3. The number of nitro benzene ring substituents is 1. The number of esters is 1. The van der Waals surface area contributed by atoms with Gasteiger partial charge in [-0.2, -0.15) is 0 Å². The maximum absolute atomic E-state index is 12.3. The van der Waals surface area contributed by atoms with Gasteiger partial charge in [-0.05, 0) is 18.9 Å². The molecule has 1 aromatic rings. The number of ether oxygens (including phenoxy) is 1. The van der Waals surface area contributed by atoms with Gasteiger partial charge in [-0.25, -0.2) is 4.79 Å². The summed E-state index contributed by atoms with van der Waals surface area (Å²) in [7, 11) is 1.18. The van der Waals surface area contributed by atoms with E-state index in [9.17, 15) is 19.7 Å². The highest BCUT2D eigenvalue weighted by Gasteiger charge is 2.21. The Labute approximate surface area is 127 Å². The van der Waals surface area contributed by atoms with Gasteiger partial charge in [-0.15, -0.1) is 0 Å². The molecule has 7 nitrogen and oxygen atoms in total. The van der Waals surface area contributed by atoms with E-state index in [0.717, 1.165) is 38.2 Å². The molecule has 1 amide bonds. The van der Waals surface area contributed by atoms with Crippen LogP contribution in [-0.4, -0.2) is 30.0 Å². The Morgan fingerprint density at radius 1 is 1.18 bits per heavy atom. The fourth-order valence-corrected chi connectivity index (χ4v) is 2.60. The monoisotopic (exact) mass is 306 g/mol. The fraction of sp³-hybridized carbons (Fsp3) is 0.467. The van der Waals surface area contributed by atoms with Crippen molar-refractivity contribution < 1.29 is 19.2 Å². The average Bonchev–Trinajstić information content (AvgIpc) is 2.54. The smallest absolute Gasteiger partial charge is 0.338 e. The van der Waals surface area contributed by atoms with Gasteiger partial charge in [0.1, 0.15) is 0 Å². The summed E-state index contributed by atoms with van der Waals surface area (Å²) in [5.74, 6) is -1.11. The van der Waals surface area contributed by atoms with Crippen LogP contribution in [0.3, 0.4) is 0 Å². The first-order valence-electron chi connectivity index (χ1n) is 7.20. The number of nitrogens with zero attached hydrogens (tertiary/aromatic N) is 1. The van der Waals surface area contributed by atoms with Crippen molar-refractivity contribution in [3.8, 4) is 0 Å². The Morgan fingerprint density at radius 3 is 2.41 bits per heavy atom. The maximum Gasteiger partial charge on any atom is 0.338 e. The van der Waals surface area contributed by atoms with E-state index in [1.165, 1.54) is 19.2 Å². The largest absolute Gasteiger partial charge is 0.465 e. The molecule has 0 radical (unpaired) electrons. The molecule has 2 rings (SSSR count). The van der Waals surface area contributed by atoms with Crippen LogP contribution in [0, 0.1) is 10.1 Å². The zero-order valence-electron chi connectivity index (χ0n) is 12.3. The number of hydrogen-bond donors (Lipinski definition) is 1. The van der Waals surface area contributed by atoms with Gasteiger partial charge < -0.3 is 10.1 Å². The molecule has 118 valence electrons. The Hall–Kier alpha value is -2.44. The molecule has 1 N–H and O–H groups in total. The van der Waals surface area contributed by atoms with Crippen LogP contribution < -0.4 is 5.32 Å². The summed E-state index contributed by atoms with van der Waals surface area (Å²) < 4.78 is 4.56. The summed E-state index contributed by atoms with van der Waals surface area (Å²) in [4.78, 5) is 34.2. The number of methoxy groups -OCH3 is 1. The van der Waals surface area contributed by atoms with Gasteiger partial charge in [0.25, 0.3) is 11.6 Å². The second-order valence-corrected chi connectivity index (χ2v) is 5.33. The van der Waals surface area contributed by atoms with E-state index < -0.39 is 16.8 Å². The lowest BCUT2D eigenvalue weighted by Gasteiger charge is -2.22. The molecule has 0 atom stereocenters. The number of carbonyl (C=O) groups is 2. The number of benzene rings is 1. The number of hydrogen-bond acceptors (Lipinski definition) is 5. The molecule has 1 fully saturated rings. The molecule has 1 aliphatic rings. The Morgan fingerprint density at radius 2 is 1.82 bits per heavy atom. The zero-order valence-corrected chi connectivity index (χ0v) is 12.3. The molecule has 0 bridgehead atoms. The van der Waals surface area contributed by atoms with Crippen LogP contribution in [0.1, 0.15) is 52.8 Å². The van der Waals surface area contributed by atoms with Crippen molar-refractivity contribution in [2.24, 2.45) is 0 Å². The summed E-state index contributed by atoms with van der Waals surface area (Å²) in [6.07, 6.45) is 5.10. The normalized spacial score (nSPS) is 15.1. The Balaban J connectivity index is 2.24. The molecule has 0 aromatic heterocycles. The first kappa shape index (κ1) is 15.9. The van der Waals surface area contributed by atoms with Gasteiger partial charge in [0.2, 0.25) is 0 Å². The highest BCUT2D eigenvalue weighted by molar-refractivity contribution is 5.99. The topological polar surface area (TPSA) is 98.5 Å². The third kappa shape index (κ3) is 3.81. The van der Waals surface area contributed by atoms with Crippen LogP contribution in [0.5, 0.6) is 0 Å². The van der Waals surface area contributed by atoms with Gasteiger partial charge in [0.05, 0.1) is 17.6 Å². The number of nitrogens with one attached hydrogen (secondary N) is 1. The van der Waals surface area contributed by atoms with Crippen molar-refractivity contribution in [2.75, 3.05) is 7.11 Å². The van der Waals surface area contributed by atoms with Gasteiger partial charge in [0, 0.05) is 23.7 Å². The van der Waals surface area contributed by atoms with E-state index in [4.69, 9.17) is 0 Å². The number of non-ortho nitro benzene ring substituents is 1. The molecule has 22 heavy (non-hydrogen) atoms. The van der Waals surface area contributed by atoms with Crippen LogP contribution in [0.25, 0.3) is 0 Å². The predicted octanol–water partition coefficient (Wildman–Crippen LogP) is 2.44. The van der Waals surface area contributed by atoms with Crippen LogP contribution in [-0.2, 0) is 4.74 Å². The average molecular weight is 306 g/mol. The van der Waals surface area contributed by atoms with Crippen molar-refractivity contribution in [3.05, 3.63) is 39.4 Å². The van der Waals surface area contributed by atoms with E-state index in [1.807, 2.05) is 0 Å². The molecular weight excluding hydrogens is 288 g/mol. The highest BCUT2D eigenvalue weighted by atomic mass is 16.6. The van der Waals surface area contributed by atoms with Gasteiger partial charge in [0.15, 0.2) is 0 Å². The van der Waals surface area contributed by atoms with E-state index in [2.05, 4.69) is 10.1 Å². The summed E-state index contributed by atoms with van der Waals surface area (Å²) in [6.45, 7) is 0. The lowest BCUT2D eigenvalue weighted by atomic mass is 9.95. The molecule has 0 heterocycles. The van der Waals surface area contributed by atoms with Crippen LogP contribution in [0.15, 0.2) is 18.2 Å². The second-order valence-electron chi connectivity index (χ2n) is 5.33. The lowest BCUT2D eigenvalue weighted by molar-refractivity contribution is -0.384. The summed E-state index contributed by atoms with van der Waals surface area (Å²) >= 11 is 0. The molecule has 1 aliphatic carbocycles.